The van der Waals surface area contributed by atoms with E-state index in [-0.39, 0.29) is 16.7 Å². The molecule has 28 heavy (non-hydrogen) atoms. The second-order valence-corrected chi connectivity index (χ2v) is 7.77. The van der Waals surface area contributed by atoms with E-state index in [1.807, 2.05) is 32.0 Å². The zero-order valence-corrected chi connectivity index (χ0v) is 16.7. The molecule has 0 radical (unpaired) electrons. The van der Waals surface area contributed by atoms with Gasteiger partial charge in [-0.2, -0.15) is 4.21 Å². The molecule has 1 atom stereocenters. The first-order valence-corrected chi connectivity index (χ1v) is 10.1. The van der Waals surface area contributed by atoms with Crippen LogP contribution < -0.4 is 4.72 Å². The molecule has 0 fully saturated rings. The normalized spacial score (nSPS) is 12.8. The molecule has 0 amide bonds. The van der Waals surface area contributed by atoms with Crippen LogP contribution in [0.15, 0.2) is 54.6 Å². The van der Waals surface area contributed by atoms with E-state index in [0.717, 1.165) is 16.7 Å². The predicted molar refractivity (Wildman–Crippen MR) is 108 cm³/mol. The minimum Gasteiger partial charge on any atom is -0.340 e. The smallest absolute Gasteiger partial charge is 0.340 e. The molecule has 1 aromatic heterocycles. The van der Waals surface area contributed by atoms with Crippen LogP contribution in [-0.2, 0) is 14.4 Å². The fraction of sp³-hybridized carbons (Fsp3) is 0.105. The molecule has 0 aliphatic rings. The number of hydrogen-bond acceptors (Lipinski definition) is 6. The molecule has 9 heteroatoms. The molecule has 3 aromatic rings. The summed E-state index contributed by atoms with van der Waals surface area (Å²) in [6.07, 6.45) is 0. The Kier molecular flexibility index (Phi) is 5.62. The van der Waals surface area contributed by atoms with Crippen molar-refractivity contribution in [3.8, 4) is 11.3 Å². The lowest BCUT2D eigenvalue weighted by atomic mass is 10.00. The lowest BCUT2D eigenvalue weighted by molar-refractivity contribution is 0.0754. The van der Waals surface area contributed by atoms with Crippen molar-refractivity contribution in [2.75, 3.05) is 4.72 Å². The number of nitrogens with zero attached hydrogens (tertiary/aromatic N) is 2. The first kappa shape index (κ1) is 19.8. The van der Waals surface area contributed by atoms with Gasteiger partial charge in [0, 0.05) is 11.6 Å². The van der Waals surface area contributed by atoms with Crippen molar-refractivity contribution in [3.63, 3.8) is 0 Å². The molecular weight excluding hydrogens is 400 g/mol. The van der Waals surface area contributed by atoms with Crippen molar-refractivity contribution in [1.29, 1.82) is 4.78 Å². The van der Waals surface area contributed by atoms with Gasteiger partial charge in [-0.05, 0) is 37.1 Å². The Labute approximate surface area is 168 Å². The highest BCUT2D eigenvalue weighted by atomic mass is 35.5. The largest absolute Gasteiger partial charge is 0.353 e. The van der Waals surface area contributed by atoms with Crippen molar-refractivity contribution in [1.82, 2.24) is 9.97 Å². The quantitative estimate of drug-likeness (QED) is 0.593. The minimum atomic E-state index is -4.00. The Hall–Kier alpha value is -2.97. The van der Waals surface area contributed by atoms with Crippen molar-refractivity contribution in [3.05, 3.63) is 76.4 Å². The van der Waals surface area contributed by atoms with Crippen LogP contribution in [0.25, 0.3) is 11.3 Å². The van der Waals surface area contributed by atoms with E-state index in [0.29, 0.717) is 5.69 Å². The Morgan fingerprint density at radius 3 is 2.36 bits per heavy atom. The van der Waals surface area contributed by atoms with Gasteiger partial charge in [0.15, 0.2) is 0 Å². The molecule has 2 aromatic carbocycles. The summed E-state index contributed by atoms with van der Waals surface area (Å²) in [4.78, 5) is 20.3. The van der Waals surface area contributed by atoms with Crippen LogP contribution in [0.5, 0.6) is 0 Å². The highest BCUT2D eigenvalue weighted by molar-refractivity contribution is 7.89. The molecule has 0 saturated heterocycles. The second-order valence-electron chi connectivity index (χ2n) is 6.01. The molecule has 0 spiro atoms. The van der Waals surface area contributed by atoms with Crippen LogP contribution in [0.1, 0.15) is 21.5 Å². The van der Waals surface area contributed by atoms with E-state index in [1.165, 1.54) is 12.1 Å². The van der Waals surface area contributed by atoms with Crippen LogP contribution in [0.3, 0.4) is 0 Å². The van der Waals surface area contributed by atoms with Crippen molar-refractivity contribution in [2.45, 2.75) is 13.8 Å². The predicted octanol–water partition coefficient (Wildman–Crippen LogP) is 4.56. The van der Waals surface area contributed by atoms with Crippen LogP contribution >= 0.6 is 11.6 Å². The fourth-order valence-corrected chi connectivity index (χ4v) is 3.55. The molecule has 0 aliphatic carbocycles. The van der Waals surface area contributed by atoms with Gasteiger partial charge in [0.05, 0.1) is 11.3 Å². The highest BCUT2D eigenvalue weighted by Gasteiger charge is 2.18. The Morgan fingerprint density at radius 1 is 1.07 bits per heavy atom. The minimum absolute atomic E-state index is 0.0970. The zero-order valence-electron chi connectivity index (χ0n) is 15.1. The lowest BCUT2D eigenvalue weighted by Gasteiger charge is -2.13. The second kappa shape index (κ2) is 7.95. The number of hydrogen-bond donors (Lipinski definition) is 2. The van der Waals surface area contributed by atoms with Crippen molar-refractivity contribution >= 4 is 33.7 Å². The van der Waals surface area contributed by atoms with Gasteiger partial charge < -0.3 is 4.18 Å². The fourth-order valence-electron chi connectivity index (χ4n) is 2.68. The van der Waals surface area contributed by atoms with E-state index >= 15 is 0 Å². The number of halogens is 1. The summed E-state index contributed by atoms with van der Waals surface area (Å²) in [6.45, 7) is 3.86. The van der Waals surface area contributed by atoms with Crippen LogP contribution in [0.4, 0.5) is 5.95 Å². The van der Waals surface area contributed by atoms with Gasteiger partial charge in [-0.3, -0.25) is 0 Å². The lowest BCUT2D eigenvalue weighted by Crippen LogP contribution is -2.20. The standard InChI is InChI=1S/C19H17ClN4O3S/c1-12-7-6-8-13(2)17(12)15-11-16(20)23-19(22-15)24-28(21,26)27-18(25)14-9-4-3-5-10-14/h3-11H,1-2H3,(H2,21,22,23,24,26). The molecule has 0 aliphatic heterocycles. The van der Waals surface area contributed by atoms with Gasteiger partial charge in [-0.15, -0.1) is 0 Å². The Morgan fingerprint density at radius 2 is 1.71 bits per heavy atom. The van der Waals surface area contributed by atoms with E-state index in [2.05, 4.69) is 14.7 Å². The number of carbonyl (C=O) groups excluding carboxylic acids is 1. The van der Waals surface area contributed by atoms with Crippen LogP contribution in [0.2, 0.25) is 5.15 Å². The summed E-state index contributed by atoms with van der Waals surface area (Å²) < 4.78 is 27.3. The van der Waals surface area contributed by atoms with Crippen LogP contribution in [-0.4, -0.2) is 20.1 Å². The topological polar surface area (TPSA) is 105 Å². The summed E-state index contributed by atoms with van der Waals surface area (Å²) >= 11 is 6.08. The Bertz CT molecular complexity index is 1110. The maximum Gasteiger partial charge on any atom is 0.353 e. The third kappa shape index (κ3) is 4.65. The van der Waals surface area contributed by atoms with Crippen molar-refractivity contribution in [2.24, 2.45) is 0 Å². The number of aryl methyl sites for hydroxylation is 2. The van der Waals surface area contributed by atoms with Gasteiger partial charge in [0.25, 0.3) is 0 Å². The van der Waals surface area contributed by atoms with E-state index in [9.17, 15) is 9.00 Å². The van der Waals surface area contributed by atoms with Gasteiger partial charge in [0.2, 0.25) is 5.95 Å². The summed E-state index contributed by atoms with van der Waals surface area (Å²) in [5.41, 5.74) is 3.48. The van der Waals surface area contributed by atoms with Crippen molar-refractivity contribution < 1.29 is 13.2 Å². The molecular formula is C19H17ClN4O3S. The van der Waals surface area contributed by atoms with Gasteiger partial charge in [-0.1, -0.05) is 48.0 Å². The first-order valence-electron chi connectivity index (χ1n) is 8.22. The SMILES string of the molecule is Cc1cccc(C)c1-c1cc(Cl)nc(NS(=N)(=O)OC(=O)c2ccccc2)n1. The first-order chi connectivity index (χ1) is 13.2. The summed E-state index contributed by atoms with van der Waals surface area (Å²) in [5, 5.41) is 0.0970. The Balaban J connectivity index is 1.88. The van der Waals surface area contributed by atoms with Gasteiger partial charge >= 0.3 is 16.2 Å². The number of benzene rings is 2. The molecule has 144 valence electrons. The average Bonchev–Trinajstić information content (AvgIpc) is 2.61. The van der Waals surface area contributed by atoms with E-state index in [4.69, 9.17) is 20.6 Å². The maximum atomic E-state index is 12.4. The molecule has 0 bridgehead atoms. The number of nitrogens with one attached hydrogen (secondary N) is 2. The number of anilines is 1. The number of aromatic nitrogens is 2. The van der Waals surface area contributed by atoms with Crippen LogP contribution in [0, 0.1) is 18.6 Å². The summed E-state index contributed by atoms with van der Waals surface area (Å²) in [7, 11) is -4.00. The molecule has 7 nitrogen and oxygen atoms in total. The van der Waals surface area contributed by atoms with Gasteiger partial charge in [-0.25, -0.2) is 24.3 Å². The van der Waals surface area contributed by atoms with Gasteiger partial charge in [0.1, 0.15) is 5.15 Å². The monoisotopic (exact) mass is 416 g/mol. The number of carbonyl (C=O) groups is 1. The molecule has 1 unspecified atom stereocenters. The maximum absolute atomic E-state index is 12.4. The molecule has 3 rings (SSSR count). The molecule has 2 N–H and O–H groups in total. The van der Waals surface area contributed by atoms with E-state index in [1.54, 1.807) is 24.3 Å². The zero-order chi connectivity index (χ0) is 20.3. The third-order valence-corrected chi connectivity index (χ3v) is 4.89. The highest BCUT2D eigenvalue weighted by Crippen LogP contribution is 2.28. The molecule has 0 saturated carbocycles. The summed E-state index contributed by atoms with van der Waals surface area (Å²) in [6, 6.07) is 15.3. The van der Waals surface area contributed by atoms with E-state index < -0.39 is 16.2 Å². The average molecular weight is 417 g/mol. The number of rotatable bonds is 5. The third-order valence-electron chi connectivity index (χ3n) is 3.86. The summed E-state index contributed by atoms with van der Waals surface area (Å²) in [5.74, 6) is -1.07. The molecule has 1 heterocycles.